The molecule has 0 unspecified atom stereocenters. The zero-order chi connectivity index (χ0) is 2.57. The highest BCUT2D eigenvalue weighted by Crippen LogP contribution is 2.43. The predicted molar refractivity (Wildman–Crippen MR) is 16.2 cm³/mol. The summed E-state index contributed by atoms with van der Waals surface area (Å²) in [6.07, 6.45) is 4.33. The van der Waals surface area contributed by atoms with Crippen molar-refractivity contribution < 1.29 is 0 Å². The van der Waals surface area contributed by atoms with Crippen LogP contribution in [0.1, 0.15) is 0 Å². The molecule has 0 heterocycles. The summed E-state index contributed by atoms with van der Waals surface area (Å²) < 4.78 is 0. The fourth-order valence-electron chi connectivity index (χ4n) is 0.250. The first-order valence-corrected chi connectivity index (χ1v) is 1.40. The average molecular weight is 50.1 g/mol. The number of hydrogen-bond donors (Lipinski definition) is 0. The second kappa shape index (κ2) is 0.0971. The fraction of sp³-hybridized carbons (Fsp3) is 0. The molecule has 0 atom stereocenters. The molecule has 0 nitrogen and oxygen atoms in total. The van der Waals surface area contributed by atoms with E-state index in [1.165, 1.54) is 11.1 Å². The van der Waals surface area contributed by atoms with Gasteiger partial charge in [0, 0.05) is 0 Å². The lowest BCUT2D eigenvalue weighted by Gasteiger charge is -1.31. The maximum atomic E-state index is 2.17. The first kappa shape index (κ1) is 1.07. The Labute approximate surface area is 24.4 Å². The van der Waals surface area contributed by atoms with Crippen LogP contribution in [0, 0.1) is 0 Å². The molecule has 0 aromatic carbocycles. The quantitative estimate of drug-likeness (QED) is 0.382. The van der Waals surface area contributed by atoms with E-state index in [-0.39, 0.29) is 0 Å². The van der Waals surface area contributed by atoms with Crippen LogP contribution in [0.5, 0.6) is 0 Å². The molecule has 2 aliphatic rings. The lowest BCUT2D eigenvalue weighted by molar-refractivity contribution is 2.23. The molecule has 18 valence electrons. The molecule has 0 bridgehead atoms. The molecular formula is C4H2. The van der Waals surface area contributed by atoms with Gasteiger partial charge in [-0.15, -0.1) is 0 Å². The maximum Gasteiger partial charge on any atom is -0.0171 e. The molecule has 0 saturated heterocycles. The van der Waals surface area contributed by atoms with Crippen LogP contribution < -0.4 is 0 Å². The van der Waals surface area contributed by atoms with Crippen molar-refractivity contribution in [3.8, 4) is 0 Å². The van der Waals surface area contributed by atoms with Gasteiger partial charge in [-0.2, -0.15) is 0 Å². The zero-order valence-corrected chi connectivity index (χ0v) is 2.15. The fourth-order valence-corrected chi connectivity index (χ4v) is 0.250. The van der Waals surface area contributed by atoms with Crippen molar-refractivity contribution in [1.82, 2.24) is 0 Å². The van der Waals surface area contributed by atoms with Gasteiger partial charge in [0.1, 0.15) is 0 Å². The highest BCUT2D eigenvalue weighted by Gasteiger charge is 2.25. The van der Waals surface area contributed by atoms with Crippen LogP contribution in [0.3, 0.4) is 0 Å². The molecule has 0 spiro atoms. The normalized spacial score (nSPS) is 26.0. The maximum absolute atomic E-state index is 2.17. The SMILES string of the molecule is C1=C2C=C12. The van der Waals surface area contributed by atoms with Gasteiger partial charge < -0.3 is 0 Å². The molecule has 0 aliphatic heterocycles. The van der Waals surface area contributed by atoms with E-state index >= 15 is 0 Å². The van der Waals surface area contributed by atoms with Crippen LogP contribution in [0.4, 0.5) is 0 Å². The van der Waals surface area contributed by atoms with Crippen LogP contribution in [0.2, 0.25) is 0 Å². The van der Waals surface area contributed by atoms with E-state index in [9.17, 15) is 0 Å². The van der Waals surface area contributed by atoms with Crippen molar-refractivity contribution in [2.75, 3.05) is 0 Å². The Morgan fingerprint density at radius 1 is 1.00 bits per heavy atom. The Bertz CT molecular complexity index is 94.5. The topological polar surface area (TPSA) is 0 Å². The summed E-state index contributed by atoms with van der Waals surface area (Å²) >= 11 is 0. The lowest BCUT2D eigenvalue weighted by atomic mass is 10.7. The van der Waals surface area contributed by atoms with E-state index in [0.29, 0.717) is 0 Å². The van der Waals surface area contributed by atoms with Gasteiger partial charge in [-0.1, -0.05) is 0 Å². The summed E-state index contributed by atoms with van der Waals surface area (Å²) in [7, 11) is 0. The van der Waals surface area contributed by atoms with Crippen LogP contribution in [-0.2, 0) is 0 Å². The van der Waals surface area contributed by atoms with E-state index in [1.807, 2.05) is 0 Å². The molecule has 0 radical (unpaired) electrons. The summed E-state index contributed by atoms with van der Waals surface area (Å²) in [5.41, 5.74) is 3.00. The van der Waals surface area contributed by atoms with Gasteiger partial charge >= 0.3 is 0 Å². The van der Waals surface area contributed by atoms with Crippen molar-refractivity contribution in [2.45, 2.75) is 0 Å². The van der Waals surface area contributed by atoms with Gasteiger partial charge in [-0.25, -0.2) is 0 Å². The van der Waals surface area contributed by atoms with E-state index < -0.39 is 0 Å². The number of allylic oxidation sites excluding steroid dienone is 4. The van der Waals surface area contributed by atoms with Crippen molar-refractivity contribution in [2.24, 2.45) is 0 Å². The zero-order valence-electron chi connectivity index (χ0n) is 2.15. The minimum absolute atomic E-state index is 1.50. The summed E-state index contributed by atoms with van der Waals surface area (Å²) in [4.78, 5) is 0. The molecule has 2 aliphatic carbocycles. The third-order valence-corrected chi connectivity index (χ3v) is 0.789. The van der Waals surface area contributed by atoms with E-state index in [2.05, 4.69) is 12.2 Å². The Balaban J connectivity index is 3.10. The van der Waals surface area contributed by atoms with Gasteiger partial charge in [0.25, 0.3) is 0 Å². The third-order valence-electron chi connectivity index (χ3n) is 0.789. The molecule has 0 saturated carbocycles. The Morgan fingerprint density at radius 3 is 1.25 bits per heavy atom. The first-order valence-electron chi connectivity index (χ1n) is 1.40. The smallest absolute Gasteiger partial charge is 0.0171 e. The number of rotatable bonds is 0. The molecule has 0 aromatic rings. The number of fused-ring (bicyclic) bond motifs is 1. The van der Waals surface area contributed by atoms with Gasteiger partial charge in [-0.3, -0.25) is 0 Å². The molecule has 0 fully saturated rings. The van der Waals surface area contributed by atoms with Crippen molar-refractivity contribution in [3.63, 3.8) is 0 Å². The molecular weight excluding hydrogens is 48.0 g/mol. The van der Waals surface area contributed by atoms with Gasteiger partial charge in [0.05, 0.1) is 0 Å². The monoisotopic (exact) mass is 50.0 g/mol. The van der Waals surface area contributed by atoms with Gasteiger partial charge in [0.2, 0.25) is 0 Å². The van der Waals surface area contributed by atoms with Crippen molar-refractivity contribution in [3.05, 3.63) is 23.3 Å². The third kappa shape index (κ3) is 0.00609. The summed E-state index contributed by atoms with van der Waals surface area (Å²) in [6.45, 7) is 0. The standard InChI is InChI=1S/C4H2/c1-3-2-4(1)3/h1-2H. The Hall–Kier alpha value is -0.520. The Kier molecular flexibility index (Phi) is 0.0259. The van der Waals surface area contributed by atoms with E-state index in [1.54, 1.807) is 0 Å². The van der Waals surface area contributed by atoms with Gasteiger partial charge in [0.15, 0.2) is 0 Å². The Morgan fingerprint density at radius 2 is 1.25 bits per heavy atom. The van der Waals surface area contributed by atoms with E-state index in [0.717, 1.165) is 0 Å². The van der Waals surface area contributed by atoms with Crippen LogP contribution in [-0.4, -0.2) is 0 Å². The molecule has 4 heavy (non-hydrogen) atoms. The lowest BCUT2D eigenvalue weighted by Crippen LogP contribution is -1.12. The average Bonchev–Trinajstić information content (AvgIpc) is 1.36. The number of hydrogen-bond acceptors (Lipinski definition) is 0. The van der Waals surface area contributed by atoms with Crippen molar-refractivity contribution >= 4 is 0 Å². The van der Waals surface area contributed by atoms with Crippen LogP contribution in [0.15, 0.2) is 23.3 Å². The second-order valence-corrected chi connectivity index (χ2v) is 1.20. The summed E-state index contributed by atoms with van der Waals surface area (Å²) in [5.74, 6) is 0. The predicted octanol–water partition coefficient (Wildman–Crippen LogP) is 0.866. The highest BCUT2D eigenvalue weighted by molar-refractivity contribution is 5.79. The largest absolute Gasteiger partial charge is 0.0465 e. The summed E-state index contributed by atoms with van der Waals surface area (Å²) in [6, 6.07) is 0. The molecule has 0 N–H and O–H groups in total. The second-order valence-electron chi connectivity index (χ2n) is 1.20. The van der Waals surface area contributed by atoms with Crippen LogP contribution >= 0.6 is 0 Å². The van der Waals surface area contributed by atoms with Gasteiger partial charge in [-0.05, 0) is 23.3 Å². The minimum atomic E-state index is 1.50. The molecule has 0 heteroatoms. The summed E-state index contributed by atoms with van der Waals surface area (Å²) in [5, 5.41) is 0. The highest BCUT2D eigenvalue weighted by atomic mass is 14.3. The molecule has 0 amide bonds. The minimum Gasteiger partial charge on any atom is -0.0465 e. The molecule has 0 aromatic heterocycles. The molecule has 2 rings (SSSR count). The van der Waals surface area contributed by atoms with Crippen molar-refractivity contribution in [1.29, 1.82) is 0 Å². The van der Waals surface area contributed by atoms with Crippen LogP contribution in [0.25, 0.3) is 0 Å². The van der Waals surface area contributed by atoms with E-state index in [4.69, 9.17) is 0 Å². The first-order chi connectivity index (χ1) is 1.97.